The van der Waals surface area contributed by atoms with Crippen LogP contribution < -0.4 is 10.1 Å². The van der Waals surface area contributed by atoms with E-state index < -0.39 is 0 Å². The van der Waals surface area contributed by atoms with Gasteiger partial charge in [0.05, 0.1) is 5.02 Å². The zero-order valence-corrected chi connectivity index (χ0v) is 11.4. The predicted molar refractivity (Wildman–Crippen MR) is 79.3 cm³/mol. The molecule has 0 radical (unpaired) electrons. The number of carbonyl (C=O) groups excluding carboxylic acids is 1. The van der Waals surface area contributed by atoms with Crippen molar-refractivity contribution in [1.82, 2.24) is 4.98 Å². The maximum absolute atomic E-state index is 12.0. The van der Waals surface area contributed by atoms with Crippen molar-refractivity contribution in [3.05, 3.63) is 65.8 Å². The largest absolute Gasteiger partial charge is 0.490 e. The van der Waals surface area contributed by atoms with Crippen LogP contribution in [0.1, 0.15) is 10.4 Å². The number of nitrogens with zero attached hydrogens (tertiary/aromatic N) is 1. The van der Waals surface area contributed by atoms with E-state index in [0.717, 1.165) is 0 Å². The molecule has 1 amide bonds. The zero-order chi connectivity index (χ0) is 14.4. The van der Waals surface area contributed by atoms with E-state index in [1.54, 1.807) is 42.5 Å². The van der Waals surface area contributed by atoms with Crippen LogP contribution in [0.15, 0.2) is 55.3 Å². The average molecular weight is 289 g/mol. The zero-order valence-electron chi connectivity index (χ0n) is 10.7. The first-order valence-electron chi connectivity index (χ1n) is 5.95. The van der Waals surface area contributed by atoms with Gasteiger partial charge in [0.25, 0.3) is 5.91 Å². The molecule has 0 saturated carbocycles. The SMILES string of the molecule is C=CCOc1ccc(C(=O)Nc2ccc(Cl)cn2)cc1. The number of aromatic nitrogens is 1. The molecule has 2 rings (SSSR count). The second kappa shape index (κ2) is 6.73. The Morgan fingerprint density at radius 2 is 2.05 bits per heavy atom. The predicted octanol–water partition coefficient (Wildman–Crippen LogP) is 3.55. The molecule has 1 aromatic carbocycles. The average Bonchev–Trinajstić information content (AvgIpc) is 2.48. The van der Waals surface area contributed by atoms with Crippen molar-refractivity contribution in [3.8, 4) is 5.75 Å². The minimum absolute atomic E-state index is 0.241. The first kappa shape index (κ1) is 14.1. The highest BCUT2D eigenvalue weighted by Gasteiger charge is 2.06. The first-order valence-corrected chi connectivity index (χ1v) is 6.33. The molecule has 0 aliphatic rings. The van der Waals surface area contributed by atoms with Gasteiger partial charge in [0.2, 0.25) is 0 Å². The number of halogens is 1. The van der Waals surface area contributed by atoms with Crippen LogP contribution in [0.4, 0.5) is 5.82 Å². The standard InChI is InChI=1S/C15H13ClN2O2/c1-2-9-20-13-6-3-11(4-7-13)15(19)18-14-8-5-12(16)10-17-14/h2-8,10H,1,9H2,(H,17,18,19). The number of anilines is 1. The Morgan fingerprint density at radius 1 is 1.30 bits per heavy atom. The summed E-state index contributed by atoms with van der Waals surface area (Å²) < 4.78 is 5.34. The molecule has 4 nitrogen and oxygen atoms in total. The number of amides is 1. The molecule has 0 unspecified atom stereocenters. The summed E-state index contributed by atoms with van der Waals surface area (Å²) in [6, 6.07) is 10.1. The lowest BCUT2D eigenvalue weighted by atomic mass is 10.2. The van der Waals surface area contributed by atoms with Crippen molar-refractivity contribution < 1.29 is 9.53 Å². The van der Waals surface area contributed by atoms with Crippen molar-refractivity contribution in [2.24, 2.45) is 0 Å². The topological polar surface area (TPSA) is 51.2 Å². The lowest BCUT2D eigenvalue weighted by Gasteiger charge is -2.06. The molecule has 0 bridgehead atoms. The summed E-state index contributed by atoms with van der Waals surface area (Å²) in [5, 5.41) is 3.20. The van der Waals surface area contributed by atoms with Crippen molar-refractivity contribution in [1.29, 1.82) is 0 Å². The highest BCUT2D eigenvalue weighted by atomic mass is 35.5. The molecule has 1 N–H and O–H groups in total. The maximum atomic E-state index is 12.0. The van der Waals surface area contributed by atoms with E-state index in [-0.39, 0.29) is 5.91 Å². The smallest absolute Gasteiger partial charge is 0.256 e. The molecule has 0 saturated heterocycles. The molecule has 0 fully saturated rings. The Kier molecular flexibility index (Phi) is 4.74. The molecule has 0 spiro atoms. The van der Waals surface area contributed by atoms with E-state index in [9.17, 15) is 4.79 Å². The summed E-state index contributed by atoms with van der Waals surface area (Å²) in [4.78, 5) is 16.0. The molecular weight excluding hydrogens is 276 g/mol. The van der Waals surface area contributed by atoms with Gasteiger partial charge >= 0.3 is 0 Å². The minimum Gasteiger partial charge on any atom is -0.490 e. The summed E-state index contributed by atoms with van der Waals surface area (Å²) in [5.74, 6) is 0.896. The van der Waals surface area contributed by atoms with Crippen molar-refractivity contribution >= 4 is 23.3 Å². The van der Waals surface area contributed by atoms with Crippen molar-refractivity contribution in [2.45, 2.75) is 0 Å². The van der Waals surface area contributed by atoms with Gasteiger partial charge in [-0.25, -0.2) is 4.98 Å². The van der Waals surface area contributed by atoms with E-state index in [4.69, 9.17) is 16.3 Å². The lowest BCUT2D eigenvalue weighted by molar-refractivity contribution is 0.102. The molecule has 0 aliphatic heterocycles. The van der Waals surface area contributed by atoms with Gasteiger partial charge < -0.3 is 10.1 Å². The highest BCUT2D eigenvalue weighted by Crippen LogP contribution is 2.14. The fourth-order valence-corrected chi connectivity index (χ4v) is 1.61. The monoisotopic (exact) mass is 288 g/mol. The third kappa shape index (κ3) is 3.83. The van der Waals surface area contributed by atoms with Gasteiger partial charge in [-0.3, -0.25) is 4.79 Å². The number of nitrogens with one attached hydrogen (secondary N) is 1. The third-order valence-corrected chi connectivity index (χ3v) is 2.68. The van der Waals surface area contributed by atoms with Crippen molar-refractivity contribution in [3.63, 3.8) is 0 Å². The normalized spacial score (nSPS) is 9.85. The van der Waals surface area contributed by atoms with Crippen LogP contribution in [0, 0.1) is 0 Å². The van der Waals surface area contributed by atoms with Gasteiger partial charge in [0, 0.05) is 11.8 Å². The van der Waals surface area contributed by atoms with Crippen LogP contribution in [0.25, 0.3) is 0 Å². The Labute approximate surface area is 122 Å². The quantitative estimate of drug-likeness (QED) is 0.856. The molecule has 102 valence electrons. The van der Waals surface area contributed by atoms with Gasteiger partial charge in [0.1, 0.15) is 18.2 Å². The Balaban J connectivity index is 2.01. The number of benzene rings is 1. The molecule has 0 aliphatic carbocycles. The van der Waals surface area contributed by atoms with Crippen LogP contribution in [-0.4, -0.2) is 17.5 Å². The molecule has 1 heterocycles. The Morgan fingerprint density at radius 3 is 2.65 bits per heavy atom. The van der Waals surface area contributed by atoms with Gasteiger partial charge in [-0.05, 0) is 36.4 Å². The van der Waals surface area contributed by atoms with E-state index in [2.05, 4.69) is 16.9 Å². The lowest BCUT2D eigenvalue weighted by Crippen LogP contribution is -2.12. The Hall–Kier alpha value is -2.33. The van der Waals surface area contributed by atoms with Gasteiger partial charge in [-0.15, -0.1) is 0 Å². The summed E-state index contributed by atoms with van der Waals surface area (Å²) >= 11 is 5.73. The summed E-state index contributed by atoms with van der Waals surface area (Å²) in [7, 11) is 0. The number of ether oxygens (including phenoxy) is 1. The van der Waals surface area contributed by atoms with Crippen LogP contribution >= 0.6 is 11.6 Å². The third-order valence-electron chi connectivity index (χ3n) is 2.45. The van der Waals surface area contributed by atoms with Gasteiger partial charge in [0.15, 0.2) is 0 Å². The number of hydrogen-bond acceptors (Lipinski definition) is 3. The van der Waals surface area contributed by atoms with Crippen LogP contribution in [0.5, 0.6) is 5.75 Å². The van der Waals surface area contributed by atoms with E-state index in [1.807, 2.05) is 0 Å². The number of hydrogen-bond donors (Lipinski definition) is 1. The number of pyridine rings is 1. The van der Waals surface area contributed by atoms with Crippen LogP contribution in [0.3, 0.4) is 0 Å². The summed E-state index contributed by atoms with van der Waals surface area (Å²) in [5.41, 5.74) is 0.521. The van der Waals surface area contributed by atoms with Crippen LogP contribution in [0.2, 0.25) is 5.02 Å². The fraction of sp³-hybridized carbons (Fsp3) is 0.0667. The first-order chi connectivity index (χ1) is 9.69. The number of carbonyl (C=O) groups is 1. The maximum Gasteiger partial charge on any atom is 0.256 e. The molecule has 5 heteroatoms. The minimum atomic E-state index is -0.241. The molecule has 0 atom stereocenters. The summed E-state index contributed by atoms with van der Waals surface area (Å²) in [6.07, 6.45) is 3.14. The van der Waals surface area contributed by atoms with E-state index >= 15 is 0 Å². The molecular formula is C15H13ClN2O2. The highest BCUT2D eigenvalue weighted by molar-refractivity contribution is 6.30. The second-order valence-electron chi connectivity index (χ2n) is 3.94. The van der Waals surface area contributed by atoms with E-state index in [1.165, 1.54) is 6.20 Å². The molecule has 1 aromatic heterocycles. The van der Waals surface area contributed by atoms with Crippen LogP contribution in [-0.2, 0) is 0 Å². The fourth-order valence-electron chi connectivity index (χ4n) is 1.50. The van der Waals surface area contributed by atoms with Crippen molar-refractivity contribution in [2.75, 3.05) is 11.9 Å². The summed E-state index contributed by atoms with van der Waals surface area (Å²) in [6.45, 7) is 4.00. The Bertz CT molecular complexity index is 594. The van der Waals surface area contributed by atoms with E-state index in [0.29, 0.717) is 28.8 Å². The van der Waals surface area contributed by atoms with Gasteiger partial charge in [-0.2, -0.15) is 0 Å². The second-order valence-corrected chi connectivity index (χ2v) is 4.38. The van der Waals surface area contributed by atoms with Gasteiger partial charge in [-0.1, -0.05) is 24.3 Å². The molecule has 20 heavy (non-hydrogen) atoms. The number of rotatable bonds is 5. The molecule has 2 aromatic rings.